The first kappa shape index (κ1) is 10.7. The van der Waals surface area contributed by atoms with Gasteiger partial charge < -0.3 is 5.32 Å². The van der Waals surface area contributed by atoms with Crippen LogP contribution in [0.15, 0.2) is 15.9 Å². The number of thiophene rings is 1. The lowest BCUT2D eigenvalue weighted by atomic mass is 9.96. The van der Waals surface area contributed by atoms with Gasteiger partial charge in [0.1, 0.15) is 0 Å². The van der Waals surface area contributed by atoms with Crippen LogP contribution in [-0.4, -0.2) is 13.1 Å². The van der Waals surface area contributed by atoms with Gasteiger partial charge in [-0.05, 0) is 72.1 Å². The van der Waals surface area contributed by atoms with Gasteiger partial charge in [-0.3, -0.25) is 0 Å². The van der Waals surface area contributed by atoms with E-state index in [1.54, 1.807) is 0 Å². The van der Waals surface area contributed by atoms with E-state index in [1.165, 1.54) is 48.1 Å². The molecule has 14 heavy (non-hydrogen) atoms. The maximum Gasteiger partial charge on any atom is 0.0314 e. The summed E-state index contributed by atoms with van der Waals surface area (Å²) < 4.78 is 1.31. The predicted octanol–water partition coefficient (Wildman–Crippen LogP) is 3.44. The van der Waals surface area contributed by atoms with Crippen molar-refractivity contribution in [1.29, 1.82) is 0 Å². The van der Waals surface area contributed by atoms with Crippen molar-refractivity contribution in [2.24, 2.45) is 5.92 Å². The van der Waals surface area contributed by atoms with E-state index in [1.807, 2.05) is 11.3 Å². The second-order valence-corrected chi connectivity index (χ2v) is 5.80. The SMILES string of the molecule is Brc1ccsc1CC1CCCNCC1. The first-order chi connectivity index (χ1) is 6.86. The molecule has 0 saturated carbocycles. The van der Waals surface area contributed by atoms with E-state index in [2.05, 4.69) is 32.7 Å². The van der Waals surface area contributed by atoms with Gasteiger partial charge in [0.05, 0.1) is 0 Å². The largest absolute Gasteiger partial charge is 0.317 e. The first-order valence-electron chi connectivity index (χ1n) is 5.29. The van der Waals surface area contributed by atoms with Gasteiger partial charge in [0.15, 0.2) is 0 Å². The van der Waals surface area contributed by atoms with Crippen molar-refractivity contribution in [3.63, 3.8) is 0 Å². The normalized spacial score (nSPS) is 23.4. The molecule has 1 fully saturated rings. The number of halogens is 1. The average Bonchev–Trinajstić information content (AvgIpc) is 2.44. The molecule has 0 amide bonds. The first-order valence-corrected chi connectivity index (χ1v) is 6.96. The van der Waals surface area contributed by atoms with Crippen molar-refractivity contribution in [2.45, 2.75) is 25.7 Å². The van der Waals surface area contributed by atoms with E-state index in [-0.39, 0.29) is 0 Å². The van der Waals surface area contributed by atoms with Gasteiger partial charge in [0.25, 0.3) is 0 Å². The molecule has 1 nitrogen and oxygen atoms in total. The van der Waals surface area contributed by atoms with Crippen molar-refractivity contribution >= 4 is 27.3 Å². The Bertz CT molecular complexity index is 277. The molecule has 0 bridgehead atoms. The van der Waals surface area contributed by atoms with Crippen LogP contribution in [0.4, 0.5) is 0 Å². The van der Waals surface area contributed by atoms with E-state index in [9.17, 15) is 0 Å². The smallest absolute Gasteiger partial charge is 0.0314 e. The van der Waals surface area contributed by atoms with Crippen LogP contribution in [0.2, 0.25) is 0 Å². The summed E-state index contributed by atoms with van der Waals surface area (Å²) in [6, 6.07) is 2.16. The van der Waals surface area contributed by atoms with E-state index in [0.717, 1.165) is 5.92 Å². The van der Waals surface area contributed by atoms with Crippen molar-refractivity contribution in [3.8, 4) is 0 Å². The van der Waals surface area contributed by atoms with Crippen LogP contribution in [0.5, 0.6) is 0 Å². The van der Waals surface area contributed by atoms with E-state index >= 15 is 0 Å². The Kier molecular flexibility index (Phi) is 4.02. The molecule has 0 aliphatic carbocycles. The summed E-state index contributed by atoms with van der Waals surface area (Å²) in [5.41, 5.74) is 0. The van der Waals surface area contributed by atoms with Gasteiger partial charge in [-0.1, -0.05) is 0 Å². The molecule has 1 unspecified atom stereocenters. The maximum absolute atomic E-state index is 3.61. The molecule has 1 aromatic rings. The topological polar surface area (TPSA) is 12.0 Å². The van der Waals surface area contributed by atoms with Crippen molar-refractivity contribution in [1.82, 2.24) is 5.32 Å². The van der Waals surface area contributed by atoms with Crippen LogP contribution in [0, 0.1) is 5.92 Å². The fourth-order valence-corrected chi connectivity index (χ4v) is 3.66. The molecule has 2 heterocycles. The van der Waals surface area contributed by atoms with Gasteiger partial charge in [-0.2, -0.15) is 0 Å². The van der Waals surface area contributed by atoms with Gasteiger partial charge in [-0.15, -0.1) is 11.3 Å². The Morgan fingerprint density at radius 1 is 1.43 bits per heavy atom. The highest BCUT2D eigenvalue weighted by Crippen LogP contribution is 2.28. The standard InChI is InChI=1S/C11H16BrNS/c12-10-4-7-14-11(10)8-9-2-1-5-13-6-3-9/h4,7,9,13H,1-3,5-6,8H2. The quantitative estimate of drug-likeness (QED) is 0.871. The molecular weight excluding hydrogens is 258 g/mol. The summed E-state index contributed by atoms with van der Waals surface area (Å²) in [4.78, 5) is 1.52. The van der Waals surface area contributed by atoms with E-state index < -0.39 is 0 Å². The molecule has 0 spiro atoms. The summed E-state index contributed by atoms with van der Waals surface area (Å²) in [5, 5.41) is 5.64. The predicted molar refractivity (Wildman–Crippen MR) is 65.9 cm³/mol. The summed E-state index contributed by atoms with van der Waals surface area (Å²) in [6.45, 7) is 2.41. The van der Waals surface area contributed by atoms with Crippen LogP contribution in [0.1, 0.15) is 24.1 Å². The van der Waals surface area contributed by atoms with Gasteiger partial charge >= 0.3 is 0 Å². The summed E-state index contributed by atoms with van der Waals surface area (Å²) >= 11 is 5.49. The fraction of sp³-hybridized carbons (Fsp3) is 0.636. The monoisotopic (exact) mass is 273 g/mol. The van der Waals surface area contributed by atoms with Crippen molar-refractivity contribution < 1.29 is 0 Å². The zero-order valence-electron chi connectivity index (χ0n) is 8.26. The van der Waals surface area contributed by atoms with Gasteiger partial charge in [0, 0.05) is 9.35 Å². The third kappa shape index (κ3) is 2.81. The molecule has 1 N–H and O–H groups in total. The number of hydrogen-bond donors (Lipinski definition) is 1. The Morgan fingerprint density at radius 2 is 2.36 bits per heavy atom. The highest BCUT2D eigenvalue weighted by Gasteiger charge is 2.14. The lowest BCUT2D eigenvalue weighted by molar-refractivity contribution is 0.472. The highest BCUT2D eigenvalue weighted by atomic mass is 79.9. The molecule has 3 heteroatoms. The van der Waals surface area contributed by atoms with Crippen LogP contribution in [0.25, 0.3) is 0 Å². The Morgan fingerprint density at radius 3 is 3.14 bits per heavy atom. The lowest BCUT2D eigenvalue weighted by Gasteiger charge is -2.12. The van der Waals surface area contributed by atoms with E-state index in [0.29, 0.717) is 0 Å². The molecule has 1 atom stereocenters. The third-order valence-corrected chi connectivity index (χ3v) is 4.81. The number of hydrogen-bond acceptors (Lipinski definition) is 2. The molecular formula is C11H16BrNS. The van der Waals surface area contributed by atoms with E-state index in [4.69, 9.17) is 0 Å². The summed E-state index contributed by atoms with van der Waals surface area (Å²) in [7, 11) is 0. The van der Waals surface area contributed by atoms with Gasteiger partial charge in [0.2, 0.25) is 0 Å². The molecule has 1 aliphatic rings. The second-order valence-electron chi connectivity index (χ2n) is 3.94. The highest BCUT2D eigenvalue weighted by molar-refractivity contribution is 9.10. The second kappa shape index (κ2) is 5.29. The van der Waals surface area contributed by atoms with Crippen molar-refractivity contribution in [3.05, 3.63) is 20.8 Å². The molecule has 0 aromatic carbocycles. The Hall–Kier alpha value is 0.140. The lowest BCUT2D eigenvalue weighted by Crippen LogP contribution is -2.14. The minimum Gasteiger partial charge on any atom is -0.317 e. The number of nitrogens with one attached hydrogen (secondary N) is 1. The molecule has 1 aliphatic heterocycles. The van der Waals surface area contributed by atoms with Crippen LogP contribution in [-0.2, 0) is 6.42 Å². The zero-order chi connectivity index (χ0) is 9.80. The Labute approximate surface area is 98.0 Å². The summed E-state index contributed by atoms with van der Waals surface area (Å²) in [5.74, 6) is 0.889. The molecule has 2 rings (SSSR count). The van der Waals surface area contributed by atoms with Crippen LogP contribution in [0.3, 0.4) is 0 Å². The van der Waals surface area contributed by atoms with Crippen LogP contribution >= 0.6 is 27.3 Å². The molecule has 1 saturated heterocycles. The Balaban J connectivity index is 1.92. The fourth-order valence-electron chi connectivity index (χ4n) is 2.03. The van der Waals surface area contributed by atoms with Crippen LogP contribution < -0.4 is 5.32 Å². The van der Waals surface area contributed by atoms with Crippen molar-refractivity contribution in [2.75, 3.05) is 13.1 Å². The minimum absolute atomic E-state index is 0.889. The minimum atomic E-state index is 0.889. The third-order valence-electron chi connectivity index (χ3n) is 2.86. The maximum atomic E-state index is 3.61. The average molecular weight is 274 g/mol. The molecule has 78 valence electrons. The molecule has 0 radical (unpaired) electrons. The zero-order valence-corrected chi connectivity index (χ0v) is 10.7. The number of rotatable bonds is 2. The van der Waals surface area contributed by atoms with Gasteiger partial charge in [-0.25, -0.2) is 0 Å². The summed E-state index contributed by atoms with van der Waals surface area (Å²) in [6.07, 6.45) is 5.33. The molecule has 1 aromatic heterocycles.